The lowest BCUT2D eigenvalue weighted by molar-refractivity contribution is 0.440. The van der Waals surface area contributed by atoms with Gasteiger partial charge in [-0.05, 0) is 44.4 Å². The van der Waals surface area contributed by atoms with Crippen LogP contribution in [0.4, 0.5) is 5.69 Å². The zero-order chi connectivity index (χ0) is 13.9. The van der Waals surface area contributed by atoms with E-state index in [1.165, 1.54) is 0 Å². The molecule has 0 aliphatic carbocycles. The highest BCUT2D eigenvalue weighted by atomic mass is 16.3. The van der Waals surface area contributed by atoms with Gasteiger partial charge in [-0.1, -0.05) is 6.07 Å². The molecule has 1 aromatic carbocycles. The molecule has 5 heteroatoms. The molecule has 0 saturated heterocycles. The monoisotopic (exact) mass is 268 g/mol. The predicted octanol–water partition coefficient (Wildman–Crippen LogP) is 2.82. The Hall–Kier alpha value is -2.40. The lowest BCUT2D eigenvalue weighted by Gasteiger charge is -2.12. The molecule has 0 saturated carbocycles. The average molecular weight is 268 g/mol. The van der Waals surface area contributed by atoms with E-state index in [0.717, 1.165) is 17.9 Å². The van der Waals surface area contributed by atoms with E-state index in [0.29, 0.717) is 17.1 Å². The van der Waals surface area contributed by atoms with E-state index < -0.39 is 0 Å². The highest BCUT2D eigenvalue weighted by molar-refractivity contribution is 5.73. The zero-order valence-electron chi connectivity index (χ0n) is 11.5. The number of rotatable bonds is 4. The number of hydrogen-bond acceptors (Lipinski definition) is 5. The summed E-state index contributed by atoms with van der Waals surface area (Å²) in [6, 6.07) is 11.7. The smallest absolute Gasteiger partial charge is 0.228 e. The Morgan fingerprint density at radius 2 is 2.10 bits per heavy atom. The summed E-state index contributed by atoms with van der Waals surface area (Å²) in [6.07, 6.45) is 1.71. The molecule has 1 N–H and O–H groups in total. The van der Waals surface area contributed by atoms with Gasteiger partial charge in [-0.15, -0.1) is 0 Å². The minimum Gasteiger partial charge on any atom is -0.434 e. The molecule has 0 bridgehead atoms. The first-order valence-electron chi connectivity index (χ1n) is 6.43. The Balaban J connectivity index is 1.91. The van der Waals surface area contributed by atoms with Crippen molar-refractivity contribution in [2.24, 2.45) is 0 Å². The molecule has 5 nitrogen and oxygen atoms in total. The molecule has 2 heterocycles. The van der Waals surface area contributed by atoms with E-state index in [2.05, 4.69) is 20.2 Å². The van der Waals surface area contributed by atoms with E-state index in [4.69, 9.17) is 4.42 Å². The summed E-state index contributed by atoms with van der Waals surface area (Å²) >= 11 is 0. The van der Waals surface area contributed by atoms with E-state index in [-0.39, 0.29) is 0 Å². The molecule has 102 valence electrons. The molecule has 0 unspecified atom stereocenters. The Morgan fingerprint density at radius 3 is 2.90 bits per heavy atom. The second-order valence-electron chi connectivity index (χ2n) is 4.84. The number of anilines is 1. The van der Waals surface area contributed by atoms with Gasteiger partial charge in [0.1, 0.15) is 0 Å². The summed E-state index contributed by atoms with van der Waals surface area (Å²) in [5.41, 5.74) is 3.31. The Morgan fingerprint density at radius 1 is 1.20 bits per heavy atom. The fraction of sp³-hybridized carbons (Fsp3) is 0.200. The van der Waals surface area contributed by atoms with Crippen molar-refractivity contribution in [3.63, 3.8) is 0 Å². The van der Waals surface area contributed by atoms with Gasteiger partial charge in [0, 0.05) is 17.4 Å². The number of hydrogen-bond donors (Lipinski definition) is 1. The van der Waals surface area contributed by atoms with E-state index in [9.17, 15) is 0 Å². The summed E-state index contributed by atoms with van der Waals surface area (Å²) in [7, 11) is 4.03. The SMILES string of the molecule is CN(C)CNc1cccc(-c2nc3ncccc3o2)c1. The molecule has 0 radical (unpaired) electrons. The molecule has 20 heavy (non-hydrogen) atoms. The van der Waals surface area contributed by atoms with Gasteiger partial charge in [-0.3, -0.25) is 4.90 Å². The first-order valence-corrected chi connectivity index (χ1v) is 6.43. The molecule has 3 aromatic rings. The summed E-state index contributed by atoms with van der Waals surface area (Å²) < 4.78 is 5.72. The van der Waals surface area contributed by atoms with Gasteiger partial charge in [0.15, 0.2) is 11.2 Å². The second kappa shape index (κ2) is 5.30. The largest absolute Gasteiger partial charge is 0.434 e. The molecule has 0 spiro atoms. The van der Waals surface area contributed by atoms with Crippen LogP contribution in [0.15, 0.2) is 47.0 Å². The van der Waals surface area contributed by atoms with Crippen LogP contribution in [0.25, 0.3) is 22.7 Å². The van der Waals surface area contributed by atoms with Crippen molar-refractivity contribution in [2.75, 3.05) is 26.1 Å². The van der Waals surface area contributed by atoms with Crippen LogP contribution < -0.4 is 5.32 Å². The van der Waals surface area contributed by atoms with Crippen LogP contribution in [-0.4, -0.2) is 35.6 Å². The number of benzene rings is 1. The van der Waals surface area contributed by atoms with Crippen LogP contribution in [0.2, 0.25) is 0 Å². The molecule has 3 rings (SSSR count). The van der Waals surface area contributed by atoms with Gasteiger partial charge in [-0.2, -0.15) is 4.98 Å². The number of nitrogens with zero attached hydrogens (tertiary/aromatic N) is 3. The van der Waals surface area contributed by atoms with Crippen LogP contribution in [0, 0.1) is 0 Å². The Bertz CT molecular complexity index is 687. The molecular weight excluding hydrogens is 252 g/mol. The van der Waals surface area contributed by atoms with Gasteiger partial charge in [0.05, 0.1) is 6.67 Å². The van der Waals surface area contributed by atoms with Crippen LogP contribution in [-0.2, 0) is 0 Å². The minimum atomic E-state index is 0.590. The van der Waals surface area contributed by atoms with E-state index >= 15 is 0 Å². The second-order valence-corrected chi connectivity index (χ2v) is 4.84. The Kier molecular flexibility index (Phi) is 3.35. The third-order valence-corrected chi connectivity index (χ3v) is 2.87. The molecule has 2 aromatic heterocycles. The first-order chi connectivity index (χ1) is 9.72. The number of oxazole rings is 1. The highest BCUT2D eigenvalue weighted by Crippen LogP contribution is 2.25. The van der Waals surface area contributed by atoms with Crippen molar-refractivity contribution in [1.82, 2.24) is 14.9 Å². The lowest BCUT2D eigenvalue weighted by Crippen LogP contribution is -2.20. The van der Waals surface area contributed by atoms with Crippen LogP contribution in [0.1, 0.15) is 0 Å². The maximum absolute atomic E-state index is 5.72. The van der Waals surface area contributed by atoms with Crippen LogP contribution in [0.3, 0.4) is 0 Å². The van der Waals surface area contributed by atoms with Gasteiger partial charge < -0.3 is 9.73 Å². The fourth-order valence-electron chi connectivity index (χ4n) is 1.90. The van der Waals surface area contributed by atoms with Crippen molar-refractivity contribution in [3.8, 4) is 11.5 Å². The van der Waals surface area contributed by atoms with Gasteiger partial charge in [0.25, 0.3) is 0 Å². The van der Waals surface area contributed by atoms with Crippen molar-refractivity contribution in [3.05, 3.63) is 42.6 Å². The number of fused-ring (bicyclic) bond motifs is 1. The summed E-state index contributed by atoms with van der Waals surface area (Å²) in [5, 5.41) is 3.33. The fourth-order valence-corrected chi connectivity index (χ4v) is 1.90. The van der Waals surface area contributed by atoms with Gasteiger partial charge >= 0.3 is 0 Å². The number of nitrogens with one attached hydrogen (secondary N) is 1. The van der Waals surface area contributed by atoms with Crippen LogP contribution >= 0.6 is 0 Å². The third kappa shape index (κ3) is 2.62. The average Bonchev–Trinajstić information content (AvgIpc) is 2.89. The van der Waals surface area contributed by atoms with Gasteiger partial charge in [0.2, 0.25) is 5.89 Å². The molecule has 0 amide bonds. The minimum absolute atomic E-state index is 0.590. The molecule has 0 fully saturated rings. The van der Waals surface area contributed by atoms with Crippen molar-refractivity contribution < 1.29 is 4.42 Å². The zero-order valence-corrected chi connectivity index (χ0v) is 11.5. The summed E-state index contributed by atoms with van der Waals surface area (Å²) in [4.78, 5) is 10.7. The van der Waals surface area contributed by atoms with Crippen molar-refractivity contribution >= 4 is 16.9 Å². The molecule has 0 aliphatic rings. The van der Waals surface area contributed by atoms with Crippen molar-refractivity contribution in [1.29, 1.82) is 0 Å². The van der Waals surface area contributed by atoms with Crippen molar-refractivity contribution in [2.45, 2.75) is 0 Å². The normalized spacial score (nSPS) is 11.2. The maximum atomic E-state index is 5.72. The summed E-state index contributed by atoms with van der Waals surface area (Å²) in [5.74, 6) is 0.590. The summed E-state index contributed by atoms with van der Waals surface area (Å²) in [6.45, 7) is 0.776. The maximum Gasteiger partial charge on any atom is 0.228 e. The number of pyridine rings is 1. The quantitative estimate of drug-likeness (QED) is 0.737. The first kappa shape index (κ1) is 12.6. The van der Waals surface area contributed by atoms with E-state index in [1.807, 2.05) is 50.5 Å². The van der Waals surface area contributed by atoms with Gasteiger partial charge in [-0.25, -0.2) is 4.98 Å². The van der Waals surface area contributed by atoms with E-state index in [1.54, 1.807) is 6.20 Å². The molecular formula is C15H16N4O. The van der Waals surface area contributed by atoms with Crippen LogP contribution in [0.5, 0.6) is 0 Å². The lowest BCUT2D eigenvalue weighted by atomic mass is 10.2. The molecule has 0 atom stereocenters. The predicted molar refractivity (Wildman–Crippen MR) is 79.4 cm³/mol. The molecule has 0 aliphatic heterocycles. The standard InChI is InChI=1S/C15H16N4O/c1-19(2)10-17-12-6-3-5-11(9-12)15-18-14-13(20-15)7-4-8-16-14/h3-9,17H,10H2,1-2H3. The topological polar surface area (TPSA) is 54.2 Å². The third-order valence-electron chi connectivity index (χ3n) is 2.87. The highest BCUT2D eigenvalue weighted by Gasteiger charge is 2.08. The number of aromatic nitrogens is 2. The Labute approximate surface area is 117 Å².